The van der Waals surface area contributed by atoms with Crippen molar-refractivity contribution in [1.29, 1.82) is 5.26 Å². The molecule has 0 saturated heterocycles. The molecule has 0 saturated carbocycles. The van der Waals surface area contributed by atoms with E-state index < -0.39 is 5.97 Å². The highest BCUT2D eigenvalue weighted by Crippen LogP contribution is 2.44. The summed E-state index contributed by atoms with van der Waals surface area (Å²) in [6, 6.07) is 5.48. The van der Waals surface area contributed by atoms with Gasteiger partial charge in [0.05, 0.1) is 13.7 Å². The van der Waals surface area contributed by atoms with Crippen LogP contribution in [-0.4, -0.2) is 25.3 Å². The van der Waals surface area contributed by atoms with Crippen LogP contribution in [-0.2, 0) is 16.0 Å². The van der Waals surface area contributed by atoms with Crippen LogP contribution in [0.2, 0.25) is 0 Å². The summed E-state index contributed by atoms with van der Waals surface area (Å²) >= 11 is 0. The number of carbonyl (C=O) groups is 1. The van der Waals surface area contributed by atoms with E-state index in [0.29, 0.717) is 17.9 Å². The standard InChI is InChI=1S/C17H19NO4/c1-5-21-16(19)12(10-18)8-11-6-7-14(20-4)15-13(11)9-17(2,3)22-15/h6-8H,5,9H2,1-4H3/b12-8+. The Morgan fingerprint density at radius 2 is 2.23 bits per heavy atom. The summed E-state index contributed by atoms with van der Waals surface area (Å²) in [7, 11) is 1.58. The number of nitriles is 1. The van der Waals surface area contributed by atoms with Gasteiger partial charge >= 0.3 is 5.97 Å². The largest absolute Gasteiger partial charge is 0.493 e. The molecule has 116 valence electrons. The highest BCUT2D eigenvalue weighted by Gasteiger charge is 2.34. The zero-order chi connectivity index (χ0) is 16.3. The first kappa shape index (κ1) is 15.9. The van der Waals surface area contributed by atoms with Gasteiger partial charge < -0.3 is 14.2 Å². The number of hydrogen-bond acceptors (Lipinski definition) is 5. The van der Waals surface area contributed by atoms with Crippen molar-refractivity contribution < 1.29 is 19.0 Å². The summed E-state index contributed by atoms with van der Waals surface area (Å²) in [5, 5.41) is 9.16. The van der Waals surface area contributed by atoms with Gasteiger partial charge in [-0.1, -0.05) is 6.07 Å². The SMILES string of the molecule is CCOC(=O)/C(C#N)=C/c1ccc(OC)c2c1CC(C)(C)O2. The molecule has 0 aliphatic carbocycles. The van der Waals surface area contributed by atoms with Crippen molar-refractivity contribution in [2.45, 2.75) is 32.8 Å². The van der Waals surface area contributed by atoms with Gasteiger partial charge in [0.25, 0.3) is 0 Å². The molecule has 2 rings (SSSR count). The first-order valence-corrected chi connectivity index (χ1v) is 7.09. The topological polar surface area (TPSA) is 68.6 Å². The Bertz CT molecular complexity index is 668. The molecule has 0 atom stereocenters. The lowest BCUT2D eigenvalue weighted by atomic mass is 9.96. The van der Waals surface area contributed by atoms with Crippen molar-refractivity contribution in [3.05, 3.63) is 28.8 Å². The zero-order valence-electron chi connectivity index (χ0n) is 13.2. The number of carbonyl (C=O) groups excluding carboxylic acids is 1. The Hall–Kier alpha value is -2.48. The van der Waals surface area contributed by atoms with Crippen LogP contribution in [0.25, 0.3) is 6.08 Å². The van der Waals surface area contributed by atoms with Crippen LogP contribution in [0.3, 0.4) is 0 Å². The van der Waals surface area contributed by atoms with Crippen molar-refractivity contribution in [3.63, 3.8) is 0 Å². The van der Waals surface area contributed by atoms with Crippen molar-refractivity contribution in [1.82, 2.24) is 0 Å². The maximum Gasteiger partial charge on any atom is 0.348 e. The molecule has 1 aromatic rings. The number of benzene rings is 1. The maximum atomic E-state index is 11.8. The maximum absolute atomic E-state index is 11.8. The van der Waals surface area contributed by atoms with Gasteiger partial charge in [0.2, 0.25) is 0 Å². The Labute approximate surface area is 130 Å². The smallest absolute Gasteiger partial charge is 0.348 e. The Kier molecular flexibility index (Phi) is 4.41. The lowest BCUT2D eigenvalue weighted by molar-refractivity contribution is -0.137. The Morgan fingerprint density at radius 3 is 2.82 bits per heavy atom. The van der Waals surface area contributed by atoms with E-state index in [1.807, 2.05) is 26.0 Å². The molecule has 22 heavy (non-hydrogen) atoms. The number of methoxy groups -OCH3 is 1. The van der Waals surface area contributed by atoms with E-state index >= 15 is 0 Å². The van der Waals surface area contributed by atoms with Gasteiger partial charge in [-0.15, -0.1) is 0 Å². The quantitative estimate of drug-likeness (QED) is 0.486. The minimum atomic E-state index is -0.618. The zero-order valence-corrected chi connectivity index (χ0v) is 13.2. The van der Waals surface area contributed by atoms with Gasteiger partial charge in [-0.3, -0.25) is 0 Å². The Balaban J connectivity index is 2.48. The van der Waals surface area contributed by atoms with E-state index in [9.17, 15) is 4.79 Å². The molecule has 1 heterocycles. The number of ether oxygens (including phenoxy) is 3. The molecule has 1 aromatic carbocycles. The third-order valence-electron chi connectivity index (χ3n) is 3.38. The second kappa shape index (κ2) is 6.10. The van der Waals surface area contributed by atoms with Crippen LogP contribution >= 0.6 is 0 Å². The summed E-state index contributed by atoms with van der Waals surface area (Å²) < 4.78 is 16.1. The highest BCUT2D eigenvalue weighted by atomic mass is 16.5. The monoisotopic (exact) mass is 301 g/mol. The van der Waals surface area contributed by atoms with E-state index in [2.05, 4.69) is 0 Å². The van der Waals surface area contributed by atoms with Crippen molar-refractivity contribution >= 4 is 12.0 Å². The molecule has 0 bridgehead atoms. The highest BCUT2D eigenvalue weighted by molar-refractivity contribution is 5.98. The summed E-state index contributed by atoms with van der Waals surface area (Å²) in [6.45, 7) is 5.90. The fourth-order valence-corrected chi connectivity index (χ4v) is 2.45. The van der Waals surface area contributed by atoms with E-state index in [4.69, 9.17) is 19.5 Å². The van der Waals surface area contributed by atoms with Crippen LogP contribution < -0.4 is 9.47 Å². The van der Waals surface area contributed by atoms with Gasteiger partial charge in [-0.25, -0.2) is 4.79 Å². The second-order valence-electron chi connectivity index (χ2n) is 5.59. The van der Waals surface area contributed by atoms with Crippen molar-refractivity contribution in [3.8, 4) is 17.6 Å². The molecule has 0 spiro atoms. The van der Waals surface area contributed by atoms with Crippen LogP contribution in [0.5, 0.6) is 11.5 Å². The molecule has 5 heteroatoms. The minimum Gasteiger partial charge on any atom is -0.493 e. The normalized spacial score (nSPS) is 15.5. The van der Waals surface area contributed by atoms with Gasteiger partial charge in [0.15, 0.2) is 11.5 Å². The lowest BCUT2D eigenvalue weighted by Gasteiger charge is -2.17. The molecule has 0 unspecified atom stereocenters. The van der Waals surface area contributed by atoms with Gasteiger partial charge in [0.1, 0.15) is 17.2 Å². The number of fused-ring (bicyclic) bond motifs is 1. The summed E-state index contributed by atoms with van der Waals surface area (Å²) in [6.07, 6.45) is 2.22. The van der Waals surface area contributed by atoms with Crippen LogP contribution in [0.15, 0.2) is 17.7 Å². The summed E-state index contributed by atoms with van der Waals surface area (Å²) in [4.78, 5) is 11.8. The van der Waals surface area contributed by atoms with Gasteiger partial charge in [-0.05, 0) is 38.5 Å². The average Bonchev–Trinajstić information content (AvgIpc) is 2.80. The number of hydrogen-bond donors (Lipinski definition) is 0. The molecule has 0 fully saturated rings. The fraction of sp³-hybridized carbons (Fsp3) is 0.412. The molecule has 0 radical (unpaired) electrons. The van der Waals surface area contributed by atoms with E-state index in [0.717, 1.165) is 11.1 Å². The third kappa shape index (κ3) is 3.06. The van der Waals surface area contributed by atoms with Crippen molar-refractivity contribution in [2.24, 2.45) is 0 Å². The molecule has 0 aromatic heterocycles. The fourth-order valence-electron chi connectivity index (χ4n) is 2.45. The number of esters is 1. The second-order valence-corrected chi connectivity index (χ2v) is 5.59. The third-order valence-corrected chi connectivity index (χ3v) is 3.38. The van der Waals surface area contributed by atoms with E-state index in [1.54, 1.807) is 26.2 Å². The number of rotatable bonds is 4. The predicted molar refractivity (Wildman–Crippen MR) is 81.6 cm³/mol. The predicted octanol–water partition coefficient (Wildman–Crippen LogP) is 2.88. The Morgan fingerprint density at radius 1 is 1.50 bits per heavy atom. The van der Waals surface area contributed by atoms with Crippen LogP contribution in [0, 0.1) is 11.3 Å². The van der Waals surface area contributed by atoms with Gasteiger partial charge in [0, 0.05) is 12.0 Å². The molecular weight excluding hydrogens is 282 g/mol. The first-order valence-electron chi connectivity index (χ1n) is 7.09. The average molecular weight is 301 g/mol. The van der Waals surface area contributed by atoms with Crippen molar-refractivity contribution in [2.75, 3.05) is 13.7 Å². The lowest BCUT2D eigenvalue weighted by Crippen LogP contribution is -2.24. The summed E-state index contributed by atoms with van der Waals surface area (Å²) in [5.41, 5.74) is 1.32. The molecule has 1 aliphatic heterocycles. The first-order chi connectivity index (χ1) is 10.4. The van der Waals surface area contributed by atoms with Crippen LogP contribution in [0.1, 0.15) is 31.9 Å². The van der Waals surface area contributed by atoms with E-state index in [1.165, 1.54) is 0 Å². The molecule has 5 nitrogen and oxygen atoms in total. The molecule has 0 N–H and O–H groups in total. The van der Waals surface area contributed by atoms with Gasteiger partial charge in [-0.2, -0.15) is 5.26 Å². The molecular formula is C17H19NO4. The minimum absolute atomic E-state index is 0.0288. The summed E-state index contributed by atoms with van der Waals surface area (Å²) in [5.74, 6) is 0.697. The molecule has 1 aliphatic rings. The van der Waals surface area contributed by atoms with Crippen LogP contribution in [0.4, 0.5) is 0 Å². The van der Waals surface area contributed by atoms with E-state index in [-0.39, 0.29) is 17.8 Å². The number of nitrogens with zero attached hydrogens (tertiary/aromatic N) is 1. The molecule has 0 amide bonds.